The molecule has 1 aromatic carbocycles. The van der Waals surface area contributed by atoms with Gasteiger partial charge < -0.3 is 5.32 Å². The maximum atomic E-state index is 12.9. The van der Waals surface area contributed by atoms with Crippen molar-refractivity contribution in [1.82, 2.24) is 4.98 Å². The summed E-state index contributed by atoms with van der Waals surface area (Å²) >= 11 is 0. The highest BCUT2D eigenvalue weighted by Gasteiger charge is 2.23. The highest BCUT2D eigenvalue weighted by molar-refractivity contribution is 6.01. The predicted octanol–water partition coefficient (Wildman–Crippen LogP) is 2.87. The molecule has 0 spiro atoms. The molecule has 1 unspecified atom stereocenters. The van der Waals surface area contributed by atoms with Crippen molar-refractivity contribution >= 4 is 17.5 Å². The predicted molar refractivity (Wildman–Crippen MR) is 77.8 cm³/mol. The molecule has 0 saturated carbocycles. The molecule has 0 saturated heterocycles. The fraction of sp³-hybridized carbons (Fsp3) is 0.133. The minimum Gasteiger partial charge on any atom is -0.311 e. The lowest BCUT2D eigenvalue weighted by atomic mass is 9.99. The van der Waals surface area contributed by atoms with Crippen LogP contribution in [0.5, 0.6) is 0 Å². The number of benzene rings is 1. The van der Waals surface area contributed by atoms with Crippen molar-refractivity contribution in [3.8, 4) is 0 Å². The van der Waals surface area contributed by atoms with Crippen LogP contribution in [0.15, 0.2) is 47.8 Å². The smallest absolute Gasteiger partial charge is 0.222 e. The van der Waals surface area contributed by atoms with E-state index in [1.165, 1.54) is 37.4 Å². The normalized spacial score (nSPS) is 11.5. The molecule has 2 aromatic rings. The van der Waals surface area contributed by atoms with Crippen LogP contribution in [0.2, 0.25) is 0 Å². The highest BCUT2D eigenvalue weighted by atomic mass is 19.1. The zero-order valence-corrected chi connectivity index (χ0v) is 11.6. The van der Waals surface area contributed by atoms with E-state index in [0.717, 1.165) is 12.1 Å². The van der Waals surface area contributed by atoms with E-state index in [-0.39, 0.29) is 17.3 Å². The number of ketones is 1. The Morgan fingerprint density at radius 3 is 2.50 bits per heavy atom. The van der Waals surface area contributed by atoms with Crippen molar-refractivity contribution in [2.24, 2.45) is 5.18 Å². The first-order valence-corrected chi connectivity index (χ1v) is 6.37. The number of anilines is 1. The molecule has 112 valence electrons. The molecule has 1 amide bonds. The number of carbonyl (C=O) groups is 2. The van der Waals surface area contributed by atoms with Crippen LogP contribution in [0, 0.1) is 10.7 Å². The topological polar surface area (TPSA) is 88.5 Å². The highest BCUT2D eigenvalue weighted by Crippen LogP contribution is 2.24. The molecule has 0 aliphatic carbocycles. The second-order valence-corrected chi connectivity index (χ2v) is 4.53. The summed E-state index contributed by atoms with van der Waals surface area (Å²) in [6.07, 6.45) is 1.36. The third-order valence-electron chi connectivity index (χ3n) is 2.89. The standard InChI is InChI=1S/C15H12FN3O3/c1-9(20)18-13-8-11(6-7-17-13)14(19-22)15(21)10-2-4-12(16)5-3-10/h2-8,14H,1H3,(H,17,18,20). The second kappa shape index (κ2) is 6.66. The summed E-state index contributed by atoms with van der Waals surface area (Å²) in [6.45, 7) is 1.31. The summed E-state index contributed by atoms with van der Waals surface area (Å²) in [6, 6.07) is 6.39. The molecule has 6 nitrogen and oxygen atoms in total. The van der Waals surface area contributed by atoms with Gasteiger partial charge in [0, 0.05) is 18.7 Å². The average molecular weight is 301 g/mol. The Morgan fingerprint density at radius 2 is 1.91 bits per heavy atom. The van der Waals surface area contributed by atoms with Crippen LogP contribution < -0.4 is 5.32 Å². The number of aromatic nitrogens is 1. The lowest BCUT2D eigenvalue weighted by Gasteiger charge is -2.10. The fourth-order valence-electron chi connectivity index (χ4n) is 1.90. The number of halogens is 1. The number of rotatable bonds is 5. The molecule has 0 bridgehead atoms. The first kappa shape index (κ1) is 15.4. The Balaban J connectivity index is 2.31. The number of Topliss-reactive ketones (excluding diaryl/α,β-unsaturated/α-hetero) is 1. The van der Waals surface area contributed by atoms with Crippen molar-refractivity contribution in [2.75, 3.05) is 5.32 Å². The zero-order chi connectivity index (χ0) is 16.1. The summed E-state index contributed by atoms with van der Waals surface area (Å²) < 4.78 is 12.9. The van der Waals surface area contributed by atoms with Crippen LogP contribution >= 0.6 is 0 Å². The number of nitrogens with one attached hydrogen (secondary N) is 1. The van der Waals surface area contributed by atoms with Crippen molar-refractivity contribution in [2.45, 2.75) is 13.0 Å². The molecular weight excluding hydrogens is 289 g/mol. The minimum absolute atomic E-state index is 0.170. The Hall–Kier alpha value is -2.96. The maximum absolute atomic E-state index is 12.9. The number of carbonyl (C=O) groups excluding carboxylic acids is 2. The summed E-state index contributed by atoms with van der Waals surface area (Å²) in [5.41, 5.74) is 0.465. The van der Waals surface area contributed by atoms with Gasteiger partial charge in [0.05, 0.1) is 0 Å². The summed E-state index contributed by atoms with van der Waals surface area (Å²) in [5, 5.41) is 5.30. The zero-order valence-electron chi connectivity index (χ0n) is 11.6. The Morgan fingerprint density at radius 1 is 1.23 bits per heavy atom. The van der Waals surface area contributed by atoms with E-state index >= 15 is 0 Å². The van der Waals surface area contributed by atoms with Crippen molar-refractivity contribution in [1.29, 1.82) is 0 Å². The largest absolute Gasteiger partial charge is 0.311 e. The van der Waals surface area contributed by atoms with Gasteiger partial charge in [0.1, 0.15) is 11.6 Å². The van der Waals surface area contributed by atoms with Gasteiger partial charge in [-0.3, -0.25) is 9.59 Å². The van der Waals surface area contributed by atoms with E-state index in [2.05, 4.69) is 15.5 Å². The van der Waals surface area contributed by atoms with E-state index in [1.54, 1.807) is 0 Å². The Bertz CT molecular complexity index is 716. The first-order valence-electron chi connectivity index (χ1n) is 6.37. The van der Waals surface area contributed by atoms with Crippen LogP contribution in [0.4, 0.5) is 10.2 Å². The summed E-state index contributed by atoms with van der Waals surface area (Å²) in [7, 11) is 0. The monoisotopic (exact) mass is 301 g/mol. The number of pyridine rings is 1. The molecule has 1 aromatic heterocycles. The van der Waals surface area contributed by atoms with Gasteiger partial charge in [-0.15, -0.1) is 4.91 Å². The van der Waals surface area contributed by atoms with E-state index < -0.39 is 17.6 Å². The SMILES string of the molecule is CC(=O)Nc1cc(C(N=O)C(=O)c2ccc(F)cc2)ccn1. The number of amides is 1. The van der Waals surface area contributed by atoms with Gasteiger partial charge in [0.2, 0.25) is 5.91 Å². The van der Waals surface area contributed by atoms with Crippen LogP contribution in [-0.4, -0.2) is 16.7 Å². The molecule has 0 radical (unpaired) electrons. The van der Waals surface area contributed by atoms with E-state index in [4.69, 9.17) is 0 Å². The van der Waals surface area contributed by atoms with Gasteiger partial charge in [-0.2, -0.15) is 0 Å². The number of hydrogen-bond donors (Lipinski definition) is 1. The third-order valence-corrected chi connectivity index (χ3v) is 2.89. The number of hydrogen-bond acceptors (Lipinski definition) is 5. The molecule has 2 rings (SSSR count). The van der Waals surface area contributed by atoms with E-state index in [1.807, 2.05) is 0 Å². The lowest BCUT2D eigenvalue weighted by molar-refractivity contribution is -0.114. The van der Waals surface area contributed by atoms with Crippen LogP contribution in [0.1, 0.15) is 28.9 Å². The molecule has 1 N–H and O–H groups in total. The first-order chi connectivity index (χ1) is 10.5. The third kappa shape index (κ3) is 3.57. The number of nitrogens with zero attached hydrogens (tertiary/aromatic N) is 2. The quantitative estimate of drug-likeness (QED) is 0.679. The van der Waals surface area contributed by atoms with Crippen LogP contribution in [-0.2, 0) is 4.79 Å². The van der Waals surface area contributed by atoms with Crippen molar-refractivity contribution in [3.63, 3.8) is 0 Å². The molecule has 22 heavy (non-hydrogen) atoms. The average Bonchev–Trinajstić information content (AvgIpc) is 2.48. The van der Waals surface area contributed by atoms with Crippen molar-refractivity contribution in [3.05, 3.63) is 64.4 Å². The van der Waals surface area contributed by atoms with Crippen molar-refractivity contribution < 1.29 is 14.0 Å². The minimum atomic E-state index is -1.29. The van der Waals surface area contributed by atoms with Gasteiger partial charge >= 0.3 is 0 Å². The molecule has 0 aliphatic heterocycles. The Kier molecular flexibility index (Phi) is 4.67. The van der Waals surface area contributed by atoms with Gasteiger partial charge in [0.15, 0.2) is 11.8 Å². The van der Waals surface area contributed by atoms with Gasteiger partial charge in [-0.05, 0) is 42.0 Å². The van der Waals surface area contributed by atoms with Gasteiger partial charge in [0.25, 0.3) is 0 Å². The molecule has 7 heteroatoms. The fourth-order valence-corrected chi connectivity index (χ4v) is 1.90. The van der Waals surface area contributed by atoms with Crippen LogP contribution in [0.25, 0.3) is 0 Å². The van der Waals surface area contributed by atoms with E-state index in [9.17, 15) is 18.9 Å². The molecule has 1 heterocycles. The van der Waals surface area contributed by atoms with Gasteiger partial charge in [-0.1, -0.05) is 5.18 Å². The molecule has 0 fully saturated rings. The second-order valence-electron chi connectivity index (χ2n) is 4.53. The van der Waals surface area contributed by atoms with Crippen LogP contribution in [0.3, 0.4) is 0 Å². The molecular formula is C15H12FN3O3. The summed E-state index contributed by atoms with van der Waals surface area (Å²) in [4.78, 5) is 38.3. The van der Waals surface area contributed by atoms with E-state index in [0.29, 0.717) is 5.56 Å². The molecule has 1 atom stereocenters. The van der Waals surface area contributed by atoms with Gasteiger partial charge in [-0.25, -0.2) is 9.37 Å². The maximum Gasteiger partial charge on any atom is 0.222 e. The summed E-state index contributed by atoms with van der Waals surface area (Å²) in [5.74, 6) is -1.16. The Labute approximate surface area is 125 Å². The molecule has 0 aliphatic rings. The lowest BCUT2D eigenvalue weighted by Crippen LogP contribution is -2.12. The number of nitroso groups, excluding NO2 is 1.